The topological polar surface area (TPSA) is 51.0 Å². The molecule has 1 N–H and O–H groups in total. The fraction of sp³-hybridized carbons (Fsp3) is 0.250. The molecule has 0 atom stereocenters. The first-order valence-corrected chi connectivity index (χ1v) is 4.99. The van der Waals surface area contributed by atoms with Crippen LogP contribution in [0.5, 0.6) is 11.5 Å². The van der Waals surface area contributed by atoms with Gasteiger partial charge in [-0.05, 0) is 19.1 Å². The van der Waals surface area contributed by atoms with Gasteiger partial charge in [-0.15, -0.1) is 0 Å². The SMILES string of the molecule is C=CCON=C1COc2c1ccc(O)c2C. The van der Waals surface area contributed by atoms with Crippen LogP contribution in [0, 0.1) is 6.92 Å². The van der Waals surface area contributed by atoms with Crippen LogP contribution in [0.4, 0.5) is 0 Å². The van der Waals surface area contributed by atoms with Crippen LogP contribution in [0.25, 0.3) is 0 Å². The summed E-state index contributed by atoms with van der Waals surface area (Å²) in [6, 6.07) is 3.41. The Morgan fingerprint density at radius 3 is 3.19 bits per heavy atom. The Morgan fingerprint density at radius 1 is 1.62 bits per heavy atom. The normalized spacial score (nSPS) is 15.7. The van der Waals surface area contributed by atoms with Gasteiger partial charge >= 0.3 is 0 Å². The van der Waals surface area contributed by atoms with Crippen molar-refractivity contribution in [1.82, 2.24) is 0 Å². The summed E-state index contributed by atoms with van der Waals surface area (Å²) in [5.41, 5.74) is 2.34. The first-order valence-electron chi connectivity index (χ1n) is 4.99. The third-order valence-electron chi connectivity index (χ3n) is 2.41. The smallest absolute Gasteiger partial charge is 0.135 e. The number of hydrogen-bond donors (Lipinski definition) is 1. The maximum absolute atomic E-state index is 9.52. The lowest BCUT2D eigenvalue weighted by Crippen LogP contribution is -2.03. The molecule has 0 spiro atoms. The van der Waals surface area contributed by atoms with Gasteiger partial charge in [0.05, 0.1) is 0 Å². The summed E-state index contributed by atoms with van der Waals surface area (Å²) in [7, 11) is 0. The van der Waals surface area contributed by atoms with Gasteiger partial charge in [0.15, 0.2) is 0 Å². The van der Waals surface area contributed by atoms with E-state index in [1.807, 2.05) is 6.92 Å². The van der Waals surface area contributed by atoms with E-state index in [2.05, 4.69) is 11.7 Å². The van der Waals surface area contributed by atoms with E-state index in [0.717, 1.165) is 16.8 Å². The van der Waals surface area contributed by atoms with Crippen molar-refractivity contribution in [2.75, 3.05) is 13.2 Å². The van der Waals surface area contributed by atoms with E-state index in [9.17, 15) is 5.11 Å². The van der Waals surface area contributed by atoms with E-state index < -0.39 is 0 Å². The number of hydrogen-bond acceptors (Lipinski definition) is 4. The summed E-state index contributed by atoms with van der Waals surface area (Å²) in [5, 5.41) is 13.5. The molecule has 4 nitrogen and oxygen atoms in total. The fourth-order valence-corrected chi connectivity index (χ4v) is 1.56. The minimum atomic E-state index is 0.229. The zero-order valence-corrected chi connectivity index (χ0v) is 9.06. The molecule has 1 aliphatic rings. The summed E-state index contributed by atoms with van der Waals surface area (Å²) < 4.78 is 5.46. The number of oxime groups is 1. The highest BCUT2D eigenvalue weighted by Gasteiger charge is 2.23. The zero-order chi connectivity index (χ0) is 11.5. The quantitative estimate of drug-likeness (QED) is 0.480. The fourth-order valence-electron chi connectivity index (χ4n) is 1.56. The van der Waals surface area contributed by atoms with Crippen LogP contribution < -0.4 is 4.74 Å². The lowest BCUT2D eigenvalue weighted by Gasteiger charge is -2.03. The Bertz CT molecular complexity index is 452. The number of aromatic hydroxyl groups is 1. The average molecular weight is 219 g/mol. The number of phenols is 1. The molecule has 0 aliphatic carbocycles. The molecule has 1 aromatic carbocycles. The number of benzene rings is 1. The van der Waals surface area contributed by atoms with Crippen LogP contribution in [-0.2, 0) is 4.84 Å². The van der Waals surface area contributed by atoms with Gasteiger partial charge in [0.25, 0.3) is 0 Å². The van der Waals surface area contributed by atoms with Gasteiger partial charge in [0.1, 0.15) is 30.4 Å². The Labute approximate surface area is 93.8 Å². The summed E-state index contributed by atoms with van der Waals surface area (Å²) in [6.45, 7) is 6.09. The lowest BCUT2D eigenvalue weighted by molar-refractivity contribution is 0.173. The van der Waals surface area contributed by atoms with Gasteiger partial charge < -0.3 is 14.7 Å². The maximum atomic E-state index is 9.52. The van der Waals surface area contributed by atoms with Crippen molar-refractivity contribution in [3.05, 3.63) is 35.9 Å². The van der Waals surface area contributed by atoms with Crippen LogP contribution in [0.2, 0.25) is 0 Å². The van der Waals surface area contributed by atoms with Crippen molar-refractivity contribution in [3.63, 3.8) is 0 Å². The average Bonchev–Trinajstić information content (AvgIpc) is 2.68. The van der Waals surface area contributed by atoms with Gasteiger partial charge in [-0.1, -0.05) is 17.8 Å². The second-order valence-electron chi connectivity index (χ2n) is 3.50. The van der Waals surface area contributed by atoms with E-state index >= 15 is 0 Å². The molecule has 0 fully saturated rings. The third kappa shape index (κ3) is 1.74. The van der Waals surface area contributed by atoms with E-state index in [1.165, 1.54) is 0 Å². The highest BCUT2D eigenvalue weighted by Crippen LogP contribution is 2.34. The first kappa shape index (κ1) is 10.5. The molecular formula is C12H13NO3. The van der Waals surface area contributed by atoms with Crippen LogP contribution in [0.1, 0.15) is 11.1 Å². The molecule has 1 heterocycles. The molecule has 0 saturated carbocycles. The van der Waals surface area contributed by atoms with E-state index in [0.29, 0.717) is 19.0 Å². The van der Waals surface area contributed by atoms with Gasteiger partial charge in [0, 0.05) is 11.1 Å². The molecule has 84 valence electrons. The highest BCUT2D eigenvalue weighted by atomic mass is 16.6. The highest BCUT2D eigenvalue weighted by molar-refractivity contribution is 6.06. The second kappa shape index (κ2) is 4.26. The Balaban J connectivity index is 2.30. The minimum Gasteiger partial charge on any atom is -0.508 e. The summed E-state index contributed by atoms with van der Waals surface area (Å²) in [4.78, 5) is 5.02. The van der Waals surface area contributed by atoms with Crippen molar-refractivity contribution in [2.24, 2.45) is 5.16 Å². The molecule has 2 rings (SSSR count). The molecular weight excluding hydrogens is 206 g/mol. The maximum Gasteiger partial charge on any atom is 0.135 e. The minimum absolute atomic E-state index is 0.229. The molecule has 1 aliphatic heterocycles. The third-order valence-corrected chi connectivity index (χ3v) is 2.41. The summed E-state index contributed by atoms with van der Waals surface area (Å²) >= 11 is 0. The predicted octanol–water partition coefficient (Wildman–Crippen LogP) is 2.00. The molecule has 0 amide bonds. The number of ether oxygens (including phenoxy) is 1. The Morgan fingerprint density at radius 2 is 2.44 bits per heavy atom. The molecule has 0 bridgehead atoms. The van der Waals surface area contributed by atoms with Gasteiger partial charge in [0.2, 0.25) is 0 Å². The van der Waals surface area contributed by atoms with Crippen LogP contribution in [-0.4, -0.2) is 24.0 Å². The van der Waals surface area contributed by atoms with Crippen molar-refractivity contribution < 1.29 is 14.7 Å². The van der Waals surface area contributed by atoms with E-state index in [-0.39, 0.29) is 5.75 Å². The van der Waals surface area contributed by atoms with Gasteiger partial charge in [-0.2, -0.15) is 0 Å². The van der Waals surface area contributed by atoms with Crippen LogP contribution >= 0.6 is 0 Å². The van der Waals surface area contributed by atoms with Crippen LogP contribution in [0.15, 0.2) is 29.9 Å². The molecule has 16 heavy (non-hydrogen) atoms. The molecule has 0 unspecified atom stereocenters. The van der Waals surface area contributed by atoms with Crippen molar-refractivity contribution in [1.29, 1.82) is 0 Å². The van der Waals surface area contributed by atoms with Crippen LogP contribution in [0.3, 0.4) is 0 Å². The molecule has 0 aromatic heterocycles. The number of nitrogens with zero attached hydrogens (tertiary/aromatic N) is 1. The second-order valence-corrected chi connectivity index (χ2v) is 3.50. The Hall–Kier alpha value is -1.97. The molecule has 1 aromatic rings. The predicted molar refractivity (Wildman–Crippen MR) is 61.0 cm³/mol. The van der Waals surface area contributed by atoms with E-state index in [4.69, 9.17) is 9.57 Å². The molecule has 0 saturated heterocycles. The van der Waals surface area contributed by atoms with Crippen molar-refractivity contribution >= 4 is 5.71 Å². The van der Waals surface area contributed by atoms with Gasteiger partial charge in [-0.3, -0.25) is 0 Å². The van der Waals surface area contributed by atoms with Gasteiger partial charge in [-0.25, -0.2) is 0 Å². The number of fused-ring (bicyclic) bond motifs is 1. The lowest BCUT2D eigenvalue weighted by atomic mass is 10.1. The monoisotopic (exact) mass is 219 g/mol. The van der Waals surface area contributed by atoms with E-state index in [1.54, 1.807) is 18.2 Å². The summed E-state index contributed by atoms with van der Waals surface area (Å²) in [6.07, 6.45) is 1.63. The standard InChI is InChI=1S/C12H13NO3/c1-3-6-16-13-10-7-15-12-8(2)11(14)5-4-9(10)12/h3-5,14H,1,6-7H2,2H3. The van der Waals surface area contributed by atoms with Crippen molar-refractivity contribution in [2.45, 2.75) is 6.92 Å². The molecule has 4 heteroatoms. The number of rotatable bonds is 3. The largest absolute Gasteiger partial charge is 0.508 e. The molecule has 0 radical (unpaired) electrons. The Kier molecular flexibility index (Phi) is 2.81. The van der Waals surface area contributed by atoms with Crippen molar-refractivity contribution in [3.8, 4) is 11.5 Å². The first-order chi connectivity index (χ1) is 7.74. The zero-order valence-electron chi connectivity index (χ0n) is 9.06. The number of phenolic OH excluding ortho intramolecular Hbond substituents is 1. The summed E-state index contributed by atoms with van der Waals surface area (Å²) in [5.74, 6) is 0.910.